The van der Waals surface area contributed by atoms with E-state index in [1.54, 1.807) is 23.7 Å². The fourth-order valence-electron chi connectivity index (χ4n) is 2.64. The Morgan fingerprint density at radius 3 is 2.91 bits per heavy atom. The van der Waals surface area contributed by atoms with Gasteiger partial charge in [0.1, 0.15) is 6.10 Å². The monoisotopic (exact) mass is 328 g/mol. The Morgan fingerprint density at radius 2 is 2.22 bits per heavy atom. The largest absolute Gasteiger partial charge is 0.383 e. The lowest BCUT2D eigenvalue weighted by Gasteiger charge is -2.12. The second-order valence-electron chi connectivity index (χ2n) is 5.53. The zero-order chi connectivity index (χ0) is 16.1. The highest BCUT2D eigenvalue weighted by molar-refractivity contribution is 7.08. The quantitative estimate of drug-likeness (QED) is 0.643. The normalized spacial score (nSPS) is 12.4. The summed E-state index contributed by atoms with van der Waals surface area (Å²) in [7, 11) is 0. The van der Waals surface area contributed by atoms with Gasteiger partial charge in [-0.25, -0.2) is 0 Å². The van der Waals surface area contributed by atoms with Gasteiger partial charge in [0.2, 0.25) is 0 Å². The predicted molar refractivity (Wildman–Crippen MR) is 91.3 cm³/mol. The van der Waals surface area contributed by atoms with Gasteiger partial charge in [0.15, 0.2) is 5.76 Å². The molecule has 0 saturated heterocycles. The molecule has 1 N–H and O–H groups in total. The molecule has 3 aromatic rings. The Bertz CT molecular complexity index is 723. The van der Waals surface area contributed by atoms with E-state index in [1.165, 1.54) is 0 Å². The molecule has 0 spiro atoms. The first-order valence-electron chi connectivity index (χ1n) is 7.90. The maximum absolute atomic E-state index is 10.9. The van der Waals surface area contributed by atoms with E-state index in [4.69, 9.17) is 4.52 Å². The van der Waals surface area contributed by atoms with Crippen molar-refractivity contribution in [1.29, 1.82) is 0 Å². The Labute approximate surface area is 139 Å². The van der Waals surface area contributed by atoms with E-state index in [-0.39, 0.29) is 0 Å². The first kappa shape index (κ1) is 15.9. The van der Waals surface area contributed by atoms with Crippen LogP contribution in [0.25, 0.3) is 11.3 Å². The maximum Gasteiger partial charge on any atom is 0.174 e. The van der Waals surface area contributed by atoms with Gasteiger partial charge < -0.3 is 9.63 Å². The molecular weight excluding hydrogens is 308 g/mol. The number of hydrogen-bond donors (Lipinski definition) is 1. The number of pyridine rings is 1. The molecule has 3 heterocycles. The second-order valence-corrected chi connectivity index (χ2v) is 6.31. The van der Waals surface area contributed by atoms with Gasteiger partial charge in [0, 0.05) is 28.9 Å². The van der Waals surface area contributed by atoms with Crippen LogP contribution in [-0.2, 0) is 6.42 Å². The van der Waals surface area contributed by atoms with Crippen molar-refractivity contribution < 1.29 is 9.63 Å². The summed E-state index contributed by atoms with van der Waals surface area (Å²) in [6.45, 7) is 2.17. The number of nitrogens with zero attached hydrogens (tertiary/aromatic N) is 2. The Hall–Kier alpha value is -1.98. The lowest BCUT2D eigenvalue weighted by Crippen LogP contribution is -2.04. The lowest BCUT2D eigenvalue weighted by atomic mass is 9.96. The molecule has 5 heteroatoms. The molecule has 0 amide bonds. The summed E-state index contributed by atoms with van der Waals surface area (Å²) in [6.07, 6.45) is 6.75. The van der Waals surface area contributed by atoms with Crippen LogP contribution in [0.1, 0.15) is 49.1 Å². The van der Waals surface area contributed by atoms with Crippen molar-refractivity contribution in [3.63, 3.8) is 0 Å². The highest BCUT2D eigenvalue weighted by Gasteiger charge is 2.25. The van der Waals surface area contributed by atoms with Gasteiger partial charge in [-0.15, -0.1) is 0 Å². The molecule has 0 aliphatic carbocycles. The van der Waals surface area contributed by atoms with E-state index in [1.807, 2.05) is 29.0 Å². The summed E-state index contributed by atoms with van der Waals surface area (Å²) >= 11 is 1.60. The molecule has 0 radical (unpaired) electrons. The third-order valence-electron chi connectivity index (χ3n) is 3.88. The molecule has 1 atom stereocenters. The van der Waals surface area contributed by atoms with E-state index >= 15 is 0 Å². The van der Waals surface area contributed by atoms with Crippen LogP contribution in [0.5, 0.6) is 0 Å². The standard InChI is InChI=1S/C18H20N2O2S/c1-2-3-4-7-15-16(17(21)13-6-5-9-19-11-13)18(22-20-15)14-8-10-23-12-14/h5-6,8-12,17,21H,2-4,7H2,1H3. The molecule has 0 aromatic carbocycles. The molecule has 0 bridgehead atoms. The molecule has 0 saturated carbocycles. The number of aryl methyl sites for hydroxylation is 1. The number of thiophene rings is 1. The number of unbranched alkanes of at least 4 members (excludes halogenated alkanes) is 2. The van der Waals surface area contributed by atoms with Gasteiger partial charge in [-0.05, 0) is 30.4 Å². The van der Waals surface area contributed by atoms with Crippen molar-refractivity contribution >= 4 is 11.3 Å². The van der Waals surface area contributed by atoms with E-state index in [0.29, 0.717) is 5.76 Å². The second kappa shape index (κ2) is 7.53. The Balaban J connectivity index is 1.98. The van der Waals surface area contributed by atoms with E-state index in [9.17, 15) is 5.11 Å². The molecule has 0 aliphatic heterocycles. The minimum absolute atomic E-state index is 0.661. The number of aliphatic hydroxyl groups is 1. The molecule has 0 aliphatic rings. The van der Waals surface area contributed by atoms with Crippen molar-refractivity contribution in [2.24, 2.45) is 0 Å². The van der Waals surface area contributed by atoms with Crippen LogP contribution in [0.2, 0.25) is 0 Å². The zero-order valence-corrected chi connectivity index (χ0v) is 13.9. The molecular formula is C18H20N2O2S. The molecule has 4 nitrogen and oxygen atoms in total. The van der Waals surface area contributed by atoms with Crippen molar-refractivity contribution in [1.82, 2.24) is 10.1 Å². The van der Waals surface area contributed by atoms with Crippen LogP contribution in [0.4, 0.5) is 0 Å². The average molecular weight is 328 g/mol. The first-order valence-corrected chi connectivity index (χ1v) is 8.84. The number of aromatic nitrogens is 2. The molecule has 1 unspecified atom stereocenters. The van der Waals surface area contributed by atoms with Crippen LogP contribution >= 0.6 is 11.3 Å². The molecule has 120 valence electrons. The molecule has 3 rings (SSSR count). The van der Waals surface area contributed by atoms with Gasteiger partial charge >= 0.3 is 0 Å². The topological polar surface area (TPSA) is 59.2 Å². The number of hydrogen-bond acceptors (Lipinski definition) is 5. The average Bonchev–Trinajstić information content (AvgIpc) is 3.24. The third kappa shape index (κ3) is 3.51. The Morgan fingerprint density at radius 1 is 1.30 bits per heavy atom. The zero-order valence-electron chi connectivity index (χ0n) is 13.1. The fraction of sp³-hybridized carbons (Fsp3) is 0.333. The van der Waals surface area contributed by atoms with Gasteiger partial charge in [-0.3, -0.25) is 4.98 Å². The third-order valence-corrected chi connectivity index (χ3v) is 4.56. The SMILES string of the molecule is CCCCCc1noc(-c2ccsc2)c1C(O)c1cccnc1. The van der Waals surface area contributed by atoms with Crippen molar-refractivity contribution in [3.8, 4) is 11.3 Å². The number of rotatable bonds is 7. The Kier molecular flexibility index (Phi) is 5.20. The number of aliphatic hydroxyl groups excluding tert-OH is 1. The summed E-state index contributed by atoms with van der Waals surface area (Å²) in [5, 5.41) is 19.1. The van der Waals surface area contributed by atoms with E-state index in [0.717, 1.165) is 48.1 Å². The van der Waals surface area contributed by atoms with Gasteiger partial charge in [-0.1, -0.05) is 31.0 Å². The maximum atomic E-state index is 10.9. The predicted octanol–water partition coefficient (Wildman–Crippen LogP) is 4.61. The smallest absolute Gasteiger partial charge is 0.174 e. The van der Waals surface area contributed by atoms with E-state index in [2.05, 4.69) is 17.1 Å². The molecule has 0 fully saturated rings. The van der Waals surface area contributed by atoms with Crippen LogP contribution in [0.3, 0.4) is 0 Å². The summed E-state index contributed by atoms with van der Waals surface area (Å²) in [5.41, 5.74) is 3.33. The van der Waals surface area contributed by atoms with Crippen LogP contribution in [0, 0.1) is 0 Å². The van der Waals surface area contributed by atoms with Gasteiger partial charge in [-0.2, -0.15) is 11.3 Å². The minimum atomic E-state index is -0.776. The van der Waals surface area contributed by atoms with Crippen LogP contribution < -0.4 is 0 Å². The van der Waals surface area contributed by atoms with Crippen molar-refractivity contribution in [3.05, 3.63) is 58.2 Å². The summed E-state index contributed by atoms with van der Waals surface area (Å²) < 4.78 is 5.59. The van der Waals surface area contributed by atoms with E-state index < -0.39 is 6.10 Å². The summed E-state index contributed by atoms with van der Waals surface area (Å²) in [6, 6.07) is 5.69. The van der Waals surface area contributed by atoms with Crippen LogP contribution in [-0.4, -0.2) is 15.2 Å². The van der Waals surface area contributed by atoms with Crippen molar-refractivity contribution in [2.75, 3.05) is 0 Å². The molecule has 23 heavy (non-hydrogen) atoms. The lowest BCUT2D eigenvalue weighted by molar-refractivity contribution is 0.218. The first-order chi connectivity index (χ1) is 11.3. The van der Waals surface area contributed by atoms with Gasteiger partial charge in [0.05, 0.1) is 11.3 Å². The fourth-order valence-corrected chi connectivity index (χ4v) is 3.28. The van der Waals surface area contributed by atoms with Crippen LogP contribution in [0.15, 0.2) is 45.9 Å². The highest BCUT2D eigenvalue weighted by Crippen LogP contribution is 2.35. The molecule has 3 aromatic heterocycles. The van der Waals surface area contributed by atoms with Crippen molar-refractivity contribution in [2.45, 2.75) is 38.7 Å². The minimum Gasteiger partial charge on any atom is -0.383 e. The highest BCUT2D eigenvalue weighted by atomic mass is 32.1. The summed E-state index contributed by atoms with van der Waals surface area (Å²) in [5.74, 6) is 0.661. The summed E-state index contributed by atoms with van der Waals surface area (Å²) in [4.78, 5) is 4.10. The van der Waals surface area contributed by atoms with Gasteiger partial charge in [0.25, 0.3) is 0 Å².